The van der Waals surface area contributed by atoms with Gasteiger partial charge < -0.3 is 9.47 Å². The molecule has 4 heteroatoms. The zero-order chi connectivity index (χ0) is 27.1. The quantitative estimate of drug-likeness (QED) is 0.218. The summed E-state index contributed by atoms with van der Waals surface area (Å²) >= 11 is 6.45. The molecule has 0 unspecified atom stereocenters. The van der Waals surface area contributed by atoms with Crippen LogP contribution in [0.2, 0.25) is 5.02 Å². The number of halogens is 1. The van der Waals surface area contributed by atoms with Gasteiger partial charge in [0.2, 0.25) is 0 Å². The van der Waals surface area contributed by atoms with E-state index in [-0.39, 0.29) is 0 Å². The van der Waals surface area contributed by atoms with E-state index in [4.69, 9.17) is 16.6 Å². The molecule has 0 spiro atoms. The summed E-state index contributed by atoms with van der Waals surface area (Å²) < 4.78 is 2.39. The highest BCUT2D eigenvalue weighted by Crippen LogP contribution is 2.39. The van der Waals surface area contributed by atoms with Crippen molar-refractivity contribution in [3.05, 3.63) is 131 Å². The van der Waals surface area contributed by atoms with Gasteiger partial charge in [-0.05, 0) is 65.9 Å². The number of hydrogen-bond donors (Lipinski definition) is 0. The van der Waals surface area contributed by atoms with E-state index in [0.717, 1.165) is 58.1 Å². The predicted molar refractivity (Wildman–Crippen MR) is 166 cm³/mol. The van der Waals surface area contributed by atoms with Crippen LogP contribution >= 0.6 is 11.6 Å². The Labute approximate surface area is 235 Å². The molecule has 194 valence electrons. The molecule has 39 heavy (non-hydrogen) atoms. The summed E-state index contributed by atoms with van der Waals surface area (Å²) in [4.78, 5) is 7.40. The van der Waals surface area contributed by atoms with Gasteiger partial charge in [0.15, 0.2) is 0 Å². The molecule has 3 nitrogen and oxygen atoms in total. The highest BCUT2D eigenvalue weighted by Gasteiger charge is 2.22. The number of rotatable bonds is 6. The van der Waals surface area contributed by atoms with Gasteiger partial charge in [0.05, 0.1) is 11.0 Å². The lowest BCUT2D eigenvalue weighted by Gasteiger charge is -2.30. The molecule has 4 aromatic carbocycles. The predicted octanol–water partition coefficient (Wildman–Crippen LogP) is 9.17. The Bertz CT molecular complexity index is 1740. The topological polar surface area (TPSA) is 21.1 Å². The highest BCUT2D eigenvalue weighted by molar-refractivity contribution is 6.33. The standard InChI is InChI=1S/C35H32ClN3/c1-5-10-34-37-35-24(3)19-27(32-20-23(2)28-11-7-9-14-31(28)38(32)4)21-33(35)39(34)22-25-15-17-26(18-16-25)29-12-6-8-13-30(29)36/h6-9,11-21H,2,5,10,22H2,1,3-4H3. The SMILES string of the molecule is C=C1C=C(c2cc(C)c3nc(CCC)n(Cc4ccc(-c5ccccc5Cl)cc4)c3c2)N(C)c2ccccc21. The van der Waals surface area contributed by atoms with Crippen LogP contribution in [0, 0.1) is 6.92 Å². The Kier molecular flexibility index (Phi) is 6.62. The third-order valence-electron chi connectivity index (χ3n) is 7.66. The van der Waals surface area contributed by atoms with Crippen LogP contribution < -0.4 is 4.90 Å². The molecule has 0 N–H and O–H groups in total. The summed E-state index contributed by atoms with van der Waals surface area (Å²) in [5, 5.41) is 0.770. The van der Waals surface area contributed by atoms with Gasteiger partial charge >= 0.3 is 0 Å². The molecule has 1 aliphatic rings. The van der Waals surface area contributed by atoms with Crippen LogP contribution in [0.5, 0.6) is 0 Å². The van der Waals surface area contributed by atoms with Gasteiger partial charge in [0.1, 0.15) is 5.82 Å². The van der Waals surface area contributed by atoms with Crippen molar-refractivity contribution < 1.29 is 0 Å². The Morgan fingerprint density at radius 3 is 2.33 bits per heavy atom. The number of nitrogens with zero attached hydrogens (tertiary/aromatic N) is 3. The maximum Gasteiger partial charge on any atom is 0.110 e. The third kappa shape index (κ3) is 4.57. The average Bonchev–Trinajstić information content (AvgIpc) is 3.29. The molecule has 0 saturated heterocycles. The lowest BCUT2D eigenvalue weighted by Crippen LogP contribution is -2.20. The first-order chi connectivity index (χ1) is 18.9. The number of hydrogen-bond acceptors (Lipinski definition) is 2. The van der Waals surface area contributed by atoms with E-state index in [9.17, 15) is 0 Å². The Morgan fingerprint density at radius 2 is 1.59 bits per heavy atom. The molecule has 0 aliphatic carbocycles. The summed E-state index contributed by atoms with van der Waals surface area (Å²) in [6.45, 7) is 9.51. The minimum atomic E-state index is 0.766. The van der Waals surface area contributed by atoms with E-state index >= 15 is 0 Å². The fraction of sp³-hybridized carbons (Fsp3) is 0.171. The smallest absolute Gasteiger partial charge is 0.110 e. The van der Waals surface area contributed by atoms with Crippen LogP contribution in [0.4, 0.5) is 5.69 Å². The van der Waals surface area contributed by atoms with E-state index in [1.165, 1.54) is 33.5 Å². The first-order valence-electron chi connectivity index (χ1n) is 13.5. The fourth-order valence-corrected chi connectivity index (χ4v) is 5.88. The van der Waals surface area contributed by atoms with Gasteiger partial charge in [-0.2, -0.15) is 0 Å². The Balaban J connectivity index is 1.41. The number of para-hydroxylation sites is 1. The highest BCUT2D eigenvalue weighted by atomic mass is 35.5. The second-order valence-corrected chi connectivity index (χ2v) is 10.7. The Hall–Kier alpha value is -4.08. The molecular formula is C35H32ClN3. The minimum Gasteiger partial charge on any atom is -0.344 e. The molecule has 5 aromatic rings. The van der Waals surface area contributed by atoms with Crippen molar-refractivity contribution in [2.24, 2.45) is 0 Å². The van der Waals surface area contributed by atoms with Crippen LogP contribution in [-0.2, 0) is 13.0 Å². The number of aromatic nitrogens is 2. The lowest BCUT2D eigenvalue weighted by molar-refractivity contribution is 0.722. The van der Waals surface area contributed by atoms with E-state index in [1.807, 2.05) is 18.2 Å². The normalized spacial score (nSPS) is 13.1. The lowest BCUT2D eigenvalue weighted by atomic mass is 9.95. The van der Waals surface area contributed by atoms with Gasteiger partial charge in [0, 0.05) is 53.1 Å². The van der Waals surface area contributed by atoms with Gasteiger partial charge in [-0.15, -0.1) is 0 Å². The van der Waals surface area contributed by atoms with Crippen molar-refractivity contribution in [3.63, 3.8) is 0 Å². The van der Waals surface area contributed by atoms with E-state index in [2.05, 4.69) is 110 Å². The van der Waals surface area contributed by atoms with Crippen molar-refractivity contribution in [2.75, 3.05) is 11.9 Å². The molecule has 0 radical (unpaired) electrons. The molecule has 0 atom stereocenters. The van der Waals surface area contributed by atoms with Gasteiger partial charge in [0.25, 0.3) is 0 Å². The van der Waals surface area contributed by atoms with E-state index in [1.54, 1.807) is 0 Å². The zero-order valence-corrected chi connectivity index (χ0v) is 23.5. The van der Waals surface area contributed by atoms with Crippen LogP contribution in [-0.4, -0.2) is 16.6 Å². The fourth-order valence-electron chi connectivity index (χ4n) is 5.63. The molecule has 0 saturated carbocycles. The van der Waals surface area contributed by atoms with Crippen LogP contribution in [0.25, 0.3) is 33.4 Å². The van der Waals surface area contributed by atoms with Crippen molar-refractivity contribution >= 4 is 39.6 Å². The number of imidazole rings is 1. The molecular weight excluding hydrogens is 498 g/mol. The van der Waals surface area contributed by atoms with Crippen LogP contribution in [0.1, 0.15) is 41.4 Å². The summed E-state index contributed by atoms with van der Waals surface area (Å²) in [6.07, 6.45) is 4.18. The summed E-state index contributed by atoms with van der Waals surface area (Å²) in [5.41, 5.74) is 12.6. The van der Waals surface area contributed by atoms with Crippen molar-refractivity contribution in [1.82, 2.24) is 9.55 Å². The summed E-state index contributed by atoms with van der Waals surface area (Å²) in [6, 6.07) is 29.7. The molecule has 0 fully saturated rings. The molecule has 2 heterocycles. The largest absolute Gasteiger partial charge is 0.344 e. The van der Waals surface area contributed by atoms with Gasteiger partial charge in [-0.25, -0.2) is 4.98 Å². The van der Waals surface area contributed by atoms with Crippen molar-refractivity contribution in [1.29, 1.82) is 0 Å². The minimum absolute atomic E-state index is 0.766. The molecule has 6 rings (SSSR count). The van der Waals surface area contributed by atoms with Crippen molar-refractivity contribution in [3.8, 4) is 11.1 Å². The maximum absolute atomic E-state index is 6.45. The summed E-state index contributed by atoms with van der Waals surface area (Å²) in [5.74, 6) is 1.13. The van der Waals surface area contributed by atoms with Crippen LogP contribution in [0.15, 0.2) is 97.6 Å². The first kappa shape index (κ1) is 25.2. The number of allylic oxidation sites excluding steroid dienone is 2. The number of fused-ring (bicyclic) bond motifs is 2. The second kappa shape index (κ2) is 10.2. The summed E-state index contributed by atoms with van der Waals surface area (Å²) in [7, 11) is 2.14. The monoisotopic (exact) mass is 529 g/mol. The second-order valence-electron chi connectivity index (χ2n) is 10.3. The molecule has 1 aromatic heterocycles. The zero-order valence-electron chi connectivity index (χ0n) is 22.7. The van der Waals surface area contributed by atoms with E-state index < -0.39 is 0 Å². The van der Waals surface area contributed by atoms with Gasteiger partial charge in [-0.3, -0.25) is 0 Å². The first-order valence-corrected chi connectivity index (χ1v) is 13.9. The van der Waals surface area contributed by atoms with E-state index in [0.29, 0.717) is 0 Å². The third-order valence-corrected chi connectivity index (χ3v) is 7.99. The number of benzene rings is 4. The van der Waals surface area contributed by atoms with Gasteiger partial charge in [-0.1, -0.05) is 85.8 Å². The number of aryl methyl sites for hydroxylation is 2. The van der Waals surface area contributed by atoms with Crippen molar-refractivity contribution in [2.45, 2.75) is 33.2 Å². The molecule has 0 bridgehead atoms. The average molecular weight is 530 g/mol. The Morgan fingerprint density at radius 1 is 0.872 bits per heavy atom. The number of anilines is 1. The maximum atomic E-state index is 6.45. The van der Waals surface area contributed by atoms with Crippen LogP contribution in [0.3, 0.4) is 0 Å². The molecule has 0 amide bonds. The molecule has 1 aliphatic heterocycles.